The number of hydrogen-bond acceptors (Lipinski definition) is 7. The predicted octanol–water partition coefficient (Wildman–Crippen LogP) is 7.20. The number of aryl methyl sites for hydroxylation is 1. The fourth-order valence-electron chi connectivity index (χ4n) is 3.30. The molecule has 1 unspecified atom stereocenters. The summed E-state index contributed by atoms with van der Waals surface area (Å²) in [7, 11) is -3.77. The normalized spacial score (nSPS) is 13.4. The molecule has 2 rings (SSSR count). The Hall–Kier alpha value is -1.86. The summed E-state index contributed by atoms with van der Waals surface area (Å²) in [5, 5.41) is 3.51. The molecule has 1 aromatic heterocycles. The summed E-state index contributed by atoms with van der Waals surface area (Å²) in [4.78, 5) is 4.20. The Labute approximate surface area is 206 Å². The molecule has 0 saturated carbocycles. The molecular weight excluding hydrogens is 467 g/mol. The van der Waals surface area contributed by atoms with Crippen LogP contribution >= 0.6 is 7.60 Å². The number of nitrogens with zero attached hydrogens (tertiary/aromatic N) is 1. The van der Waals surface area contributed by atoms with Crippen LogP contribution in [-0.2, 0) is 13.6 Å². The average Bonchev–Trinajstić information content (AvgIpc) is 2.74. The Morgan fingerprint density at radius 1 is 1.15 bits per heavy atom. The van der Waals surface area contributed by atoms with E-state index in [0.29, 0.717) is 19.0 Å². The van der Waals surface area contributed by atoms with Crippen molar-refractivity contribution in [2.45, 2.75) is 65.7 Å². The van der Waals surface area contributed by atoms with Crippen molar-refractivity contribution < 1.29 is 22.8 Å². The van der Waals surface area contributed by atoms with Crippen LogP contribution in [0.1, 0.15) is 51.8 Å². The first-order valence-corrected chi connectivity index (χ1v) is 16.4. The van der Waals surface area contributed by atoms with Gasteiger partial charge in [0.25, 0.3) is 8.32 Å². The molecule has 190 valence electrons. The third-order valence-electron chi connectivity index (χ3n) is 6.11. The minimum Gasteiger partial charge on any atom is -0.541 e. The van der Waals surface area contributed by atoms with Gasteiger partial charge in [0.15, 0.2) is 5.75 Å². The molecule has 1 heterocycles. The van der Waals surface area contributed by atoms with Gasteiger partial charge in [-0.1, -0.05) is 26.8 Å². The lowest BCUT2D eigenvalue weighted by atomic mass is 10.0. The van der Waals surface area contributed by atoms with Crippen LogP contribution in [0.5, 0.6) is 11.5 Å². The summed E-state index contributed by atoms with van der Waals surface area (Å²) >= 11 is 0. The van der Waals surface area contributed by atoms with E-state index in [4.69, 9.17) is 18.2 Å². The highest BCUT2D eigenvalue weighted by atomic mass is 31.2. The van der Waals surface area contributed by atoms with Crippen molar-refractivity contribution in [1.82, 2.24) is 4.98 Å². The van der Waals surface area contributed by atoms with E-state index in [1.807, 2.05) is 39.0 Å². The van der Waals surface area contributed by atoms with Crippen molar-refractivity contribution in [1.29, 1.82) is 0 Å². The summed E-state index contributed by atoms with van der Waals surface area (Å²) in [5.41, 5.74) is 2.67. The maximum Gasteiger partial charge on any atom is 0.333 e. The maximum absolute atomic E-state index is 13.4. The molecule has 2 aromatic rings. The van der Waals surface area contributed by atoms with E-state index in [9.17, 15) is 4.57 Å². The third-order valence-corrected chi connectivity index (χ3v) is 12.6. The number of aromatic nitrogens is 1. The number of ether oxygens (including phenoxy) is 1. The lowest BCUT2D eigenvalue weighted by Gasteiger charge is -2.37. The van der Waals surface area contributed by atoms with Gasteiger partial charge in [-0.3, -0.25) is 9.55 Å². The van der Waals surface area contributed by atoms with E-state index in [1.54, 1.807) is 19.5 Å². The van der Waals surface area contributed by atoms with E-state index in [1.165, 1.54) is 0 Å². The van der Waals surface area contributed by atoms with Gasteiger partial charge in [0.2, 0.25) is 0 Å². The zero-order valence-electron chi connectivity index (χ0n) is 22.1. The molecule has 1 atom stereocenters. The van der Waals surface area contributed by atoms with Gasteiger partial charge in [-0.2, -0.15) is 0 Å². The highest BCUT2D eigenvalue weighted by Crippen LogP contribution is 2.52. The Morgan fingerprint density at radius 3 is 2.29 bits per heavy atom. The van der Waals surface area contributed by atoms with Crippen molar-refractivity contribution in [3.8, 4) is 11.5 Å². The van der Waals surface area contributed by atoms with Crippen molar-refractivity contribution >= 4 is 21.6 Å². The molecule has 0 fully saturated rings. The van der Waals surface area contributed by atoms with E-state index in [0.717, 1.165) is 22.6 Å². The topological polar surface area (TPSA) is 78.9 Å². The second-order valence-electron chi connectivity index (χ2n) is 9.80. The molecule has 0 amide bonds. The summed E-state index contributed by atoms with van der Waals surface area (Å²) in [6, 6.07) is 7.42. The Morgan fingerprint density at radius 2 is 1.79 bits per heavy atom. The first kappa shape index (κ1) is 28.4. The second-order valence-corrected chi connectivity index (χ2v) is 16.6. The van der Waals surface area contributed by atoms with Gasteiger partial charge in [0, 0.05) is 12.4 Å². The first-order chi connectivity index (χ1) is 15.9. The van der Waals surface area contributed by atoms with E-state index < -0.39 is 15.9 Å². The van der Waals surface area contributed by atoms with Crippen LogP contribution in [0, 0.1) is 6.92 Å². The molecule has 0 bridgehead atoms. The number of hydrogen-bond donors (Lipinski definition) is 1. The number of anilines is 1. The quantitative estimate of drug-likeness (QED) is 0.240. The molecule has 0 aliphatic rings. The molecular formula is C25H41N2O5PSi. The van der Waals surface area contributed by atoms with E-state index in [2.05, 4.69) is 50.2 Å². The maximum atomic E-state index is 13.4. The van der Waals surface area contributed by atoms with Gasteiger partial charge in [-0.15, -0.1) is 0 Å². The molecule has 0 aliphatic carbocycles. The van der Waals surface area contributed by atoms with Gasteiger partial charge in [0.05, 0.1) is 38.2 Å². The highest BCUT2D eigenvalue weighted by Gasteiger charge is 2.40. The van der Waals surface area contributed by atoms with Crippen molar-refractivity contribution in [2.24, 2.45) is 0 Å². The smallest absolute Gasteiger partial charge is 0.333 e. The van der Waals surface area contributed by atoms with Crippen LogP contribution in [0.3, 0.4) is 0 Å². The molecule has 1 aromatic carbocycles. The molecule has 1 N–H and O–H groups in total. The van der Waals surface area contributed by atoms with E-state index in [-0.39, 0.29) is 17.2 Å². The lowest BCUT2D eigenvalue weighted by Crippen LogP contribution is -2.44. The minimum atomic E-state index is -3.33. The van der Waals surface area contributed by atoms with Crippen LogP contribution in [-0.4, -0.2) is 39.8 Å². The molecule has 9 heteroatoms. The number of pyridine rings is 1. The molecule has 0 radical (unpaired) electrons. The van der Waals surface area contributed by atoms with Crippen LogP contribution in [0.25, 0.3) is 0 Å². The van der Waals surface area contributed by atoms with Crippen molar-refractivity contribution in [3.05, 3.63) is 47.8 Å². The van der Waals surface area contributed by atoms with Crippen LogP contribution in [0.4, 0.5) is 5.69 Å². The zero-order valence-corrected chi connectivity index (χ0v) is 24.0. The van der Waals surface area contributed by atoms with Gasteiger partial charge in [-0.25, -0.2) is 0 Å². The molecule has 34 heavy (non-hydrogen) atoms. The van der Waals surface area contributed by atoms with E-state index >= 15 is 0 Å². The third kappa shape index (κ3) is 7.32. The Kier molecular flexibility index (Phi) is 9.77. The molecule has 0 saturated heterocycles. The van der Waals surface area contributed by atoms with Crippen LogP contribution in [0.15, 0.2) is 36.7 Å². The Balaban J connectivity index is 2.52. The monoisotopic (exact) mass is 508 g/mol. The standard InChI is InChI=1S/C25H41N2O5PSi/c1-10-30-33(28,31-11-2)18-22(27-21-13-12-14-26-17-21)20-15-19(3)24(23(16-20)29-7)32-34(8,9)25(4,5)6/h12-17,22,27H,10-11,18H2,1-9H3. The fraction of sp³-hybridized carbons (Fsp3) is 0.560. The van der Waals surface area contributed by atoms with Crippen LogP contribution in [0.2, 0.25) is 18.1 Å². The molecule has 7 nitrogen and oxygen atoms in total. The van der Waals surface area contributed by atoms with Gasteiger partial charge >= 0.3 is 7.60 Å². The van der Waals surface area contributed by atoms with Gasteiger partial charge < -0.3 is 23.5 Å². The number of benzene rings is 1. The second kappa shape index (κ2) is 11.7. The summed E-state index contributed by atoms with van der Waals surface area (Å²) < 4.78 is 37.0. The number of methoxy groups -OCH3 is 1. The number of nitrogens with one attached hydrogen (secondary N) is 1. The average molecular weight is 509 g/mol. The first-order valence-electron chi connectivity index (χ1n) is 11.8. The summed E-state index contributed by atoms with van der Waals surface area (Å²) in [5.74, 6) is 1.41. The molecule has 0 spiro atoms. The summed E-state index contributed by atoms with van der Waals surface area (Å²) in [6.45, 7) is 17.3. The Bertz CT molecular complexity index is 969. The minimum absolute atomic E-state index is 0.0507. The SMILES string of the molecule is CCOP(=O)(CC(Nc1cccnc1)c1cc(C)c(O[Si](C)(C)C(C)(C)C)c(OC)c1)OCC. The highest BCUT2D eigenvalue weighted by molar-refractivity contribution is 7.53. The largest absolute Gasteiger partial charge is 0.541 e. The van der Waals surface area contributed by atoms with Crippen molar-refractivity contribution in [2.75, 3.05) is 31.8 Å². The molecule has 0 aliphatic heterocycles. The number of rotatable bonds is 12. The predicted molar refractivity (Wildman–Crippen MR) is 142 cm³/mol. The zero-order chi connectivity index (χ0) is 25.6. The van der Waals surface area contributed by atoms with Crippen LogP contribution < -0.4 is 14.5 Å². The lowest BCUT2D eigenvalue weighted by molar-refractivity contribution is 0.219. The fourth-order valence-corrected chi connectivity index (χ4v) is 6.20. The van der Waals surface area contributed by atoms with Gasteiger partial charge in [-0.05, 0) is 68.2 Å². The van der Waals surface area contributed by atoms with Gasteiger partial charge in [0.1, 0.15) is 5.75 Å². The summed E-state index contributed by atoms with van der Waals surface area (Å²) in [6.07, 6.45) is 3.61. The van der Waals surface area contributed by atoms with Crippen molar-refractivity contribution in [3.63, 3.8) is 0 Å².